The zero-order valence-corrected chi connectivity index (χ0v) is 19.9. The number of aromatic nitrogens is 2. The van der Waals surface area contributed by atoms with E-state index in [4.69, 9.17) is 9.47 Å². The number of carbonyl (C=O) groups excluding carboxylic acids is 1. The Bertz CT molecular complexity index is 1320. The summed E-state index contributed by atoms with van der Waals surface area (Å²) in [6.07, 6.45) is -1.52. The third-order valence-electron chi connectivity index (χ3n) is 6.67. The molecular weight excluding hydrogens is 475 g/mol. The summed E-state index contributed by atoms with van der Waals surface area (Å²) in [6, 6.07) is 7.12. The first-order valence-electron chi connectivity index (χ1n) is 11.7. The molecule has 1 aliphatic heterocycles. The fourth-order valence-corrected chi connectivity index (χ4v) is 4.58. The molecule has 0 radical (unpaired) electrons. The molecule has 1 aliphatic carbocycles. The highest BCUT2D eigenvalue weighted by Crippen LogP contribution is 2.43. The van der Waals surface area contributed by atoms with Gasteiger partial charge in [-0.1, -0.05) is 18.2 Å². The summed E-state index contributed by atoms with van der Waals surface area (Å²) in [5, 5.41) is 6.85. The first-order chi connectivity index (χ1) is 17.3. The Hall–Kier alpha value is -3.60. The lowest BCUT2D eigenvalue weighted by Crippen LogP contribution is -2.56. The quantitative estimate of drug-likeness (QED) is 0.512. The van der Waals surface area contributed by atoms with Gasteiger partial charge in [0.2, 0.25) is 0 Å². The minimum Gasteiger partial charge on any atom is -0.493 e. The van der Waals surface area contributed by atoms with Crippen molar-refractivity contribution in [3.8, 4) is 11.5 Å². The number of carbonyl (C=O) groups is 1. The van der Waals surface area contributed by atoms with E-state index in [1.54, 1.807) is 24.0 Å². The Morgan fingerprint density at radius 1 is 1.25 bits per heavy atom. The van der Waals surface area contributed by atoms with Gasteiger partial charge in [0.25, 0.3) is 6.43 Å². The summed E-state index contributed by atoms with van der Waals surface area (Å²) < 4.78 is 52.0. The molecule has 11 heteroatoms. The van der Waals surface area contributed by atoms with Crippen LogP contribution in [-0.4, -0.2) is 53.2 Å². The van der Waals surface area contributed by atoms with Crippen LogP contribution in [0, 0.1) is 12.7 Å². The second-order valence-corrected chi connectivity index (χ2v) is 9.03. The molecule has 1 amide bonds. The number of hydrogen-bond acceptors (Lipinski definition) is 7. The molecule has 2 aromatic carbocycles. The molecule has 8 nitrogen and oxygen atoms in total. The number of rotatable bonds is 6. The van der Waals surface area contributed by atoms with Crippen LogP contribution in [0.1, 0.15) is 36.2 Å². The molecule has 1 saturated carbocycles. The number of alkyl halides is 2. The van der Waals surface area contributed by atoms with Gasteiger partial charge < -0.3 is 20.1 Å². The van der Waals surface area contributed by atoms with Gasteiger partial charge in [-0.15, -0.1) is 0 Å². The average molecular weight is 502 g/mol. The first-order valence-corrected chi connectivity index (χ1v) is 11.7. The van der Waals surface area contributed by atoms with E-state index >= 15 is 0 Å². The second-order valence-electron chi connectivity index (χ2n) is 9.03. The van der Waals surface area contributed by atoms with Crippen molar-refractivity contribution in [3.63, 3.8) is 0 Å². The standard InChI is InChI=1S/C25H26F3N5O3/c1-14-31-18-11-19(35-2)20(36-24(34)33-9-8-29-13-25(33)6-7-25)10-17(18)23(32-14)30-12-15-4-3-5-16(21(15)26)22(27)28/h3-5,10-11,22,29H,6-9,12-13H2,1-2H3,(H,30,31,32). The summed E-state index contributed by atoms with van der Waals surface area (Å²) in [5.41, 5.74) is -0.253. The summed E-state index contributed by atoms with van der Waals surface area (Å²) in [5.74, 6) is 0.355. The van der Waals surface area contributed by atoms with E-state index in [1.165, 1.54) is 19.2 Å². The topological polar surface area (TPSA) is 88.6 Å². The van der Waals surface area contributed by atoms with E-state index in [0.717, 1.165) is 25.5 Å². The highest BCUT2D eigenvalue weighted by Gasteiger charge is 2.52. The predicted octanol–water partition coefficient (Wildman–Crippen LogP) is 4.57. The van der Waals surface area contributed by atoms with Crippen molar-refractivity contribution >= 4 is 22.8 Å². The molecule has 1 aromatic heterocycles. The molecule has 0 unspecified atom stereocenters. The monoisotopic (exact) mass is 501 g/mol. The lowest BCUT2D eigenvalue weighted by atomic mass is 10.1. The molecular formula is C25H26F3N5O3. The fraction of sp³-hybridized carbons (Fsp3) is 0.400. The van der Waals surface area contributed by atoms with Crippen molar-refractivity contribution in [1.82, 2.24) is 20.2 Å². The molecule has 1 saturated heterocycles. The third-order valence-corrected chi connectivity index (χ3v) is 6.67. The smallest absolute Gasteiger partial charge is 0.415 e. The number of fused-ring (bicyclic) bond motifs is 1. The van der Waals surface area contributed by atoms with Crippen LogP contribution in [0.2, 0.25) is 0 Å². The van der Waals surface area contributed by atoms with Gasteiger partial charge in [0.05, 0.1) is 23.7 Å². The zero-order valence-electron chi connectivity index (χ0n) is 19.9. The number of hydrogen-bond donors (Lipinski definition) is 2. The maximum absolute atomic E-state index is 14.5. The number of nitrogens with one attached hydrogen (secondary N) is 2. The summed E-state index contributed by atoms with van der Waals surface area (Å²) in [4.78, 5) is 23.7. The molecule has 2 N–H and O–H groups in total. The van der Waals surface area contributed by atoms with Crippen LogP contribution >= 0.6 is 0 Å². The largest absolute Gasteiger partial charge is 0.493 e. The number of methoxy groups -OCH3 is 1. The van der Waals surface area contributed by atoms with Crippen molar-refractivity contribution in [1.29, 1.82) is 0 Å². The molecule has 0 atom stereocenters. The Balaban J connectivity index is 1.45. The van der Waals surface area contributed by atoms with Crippen molar-refractivity contribution in [2.75, 3.05) is 32.1 Å². The van der Waals surface area contributed by atoms with Gasteiger partial charge in [-0.3, -0.25) is 4.90 Å². The number of halogens is 3. The predicted molar refractivity (Wildman–Crippen MR) is 127 cm³/mol. The molecule has 3 aromatic rings. The highest BCUT2D eigenvalue weighted by molar-refractivity contribution is 5.92. The molecule has 0 bridgehead atoms. The number of ether oxygens (including phenoxy) is 2. The minimum atomic E-state index is -2.91. The Kier molecular flexibility index (Phi) is 6.33. The molecule has 1 spiro atoms. The summed E-state index contributed by atoms with van der Waals surface area (Å²) in [6.45, 7) is 3.59. The van der Waals surface area contributed by atoms with Crippen LogP contribution in [0.5, 0.6) is 11.5 Å². The second kappa shape index (κ2) is 9.45. The van der Waals surface area contributed by atoms with Crippen molar-refractivity contribution in [2.24, 2.45) is 0 Å². The Labute approximate surface area is 205 Å². The molecule has 2 fully saturated rings. The first kappa shape index (κ1) is 24.1. The van der Waals surface area contributed by atoms with Gasteiger partial charge in [0.1, 0.15) is 17.5 Å². The minimum absolute atomic E-state index is 0.0748. The van der Waals surface area contributed by atoms with E-state index in [9.17, 15) is 18.0 Å². The SMILES string of the molecule is COc1cc2nc(C)nc(NCc3cccc(C(F)F)c3F)c2cc1OC(=O)N1CCNCC12CC2. The number of amides is 1. The average Bonchev–Trinajstić information content (AvgIpc) is 3.62. The molecule has 190 valence electrons. The van der Waals surface area contributed by atoms with E-state index in [0.29, 0.717) is 41.4 Å². The van der Waals surface area contributed by atoms with Gasteiger partial charge in [-0.05, 0) is 25.8 Å². The van der Waals surface area contributed by atoms with E-state index in [1.807, 2.05) is 0 Å². The van der Waals surface area contributed by atoms with E-state index < -0.39 is 23.9 Å². The summed E-state index contributed by atoms with van der Waals surface area (Å²) >= 11 is 0. The van der Waals surface area contributed by atoms with Gasteiger partial charge >= 0.3 is 6.09 Å². The number of piperazine rings is 1. The van der Waals surface area contributed by atoms with Crippen molar-refractivity contribution in [2.45, 2.75) is 38.3 Å². The third kappa shape index (κ3) is 4.50. The Morgan fingerprint density at radius 3 is 2.78 bits per heavy atom. The van der Waals surface area contributed by atoms with E-state index in [2.05, 4.69) is 20.6 Å². The normalized spacial score (nSPS) is 16.4. The van der Waals surface area contributed by atoms with Crippen LogP contribution in [0.3, 0.4) is 0 Å². The molecule has 2 aliphatic rings. The van der Waals surface area contributed by atoms with Crippen LogP contribution < -0.4 is 20.1 Å². The van der Waals surface area contributed by atoms with Crippen molar-refractivity contribution in [3.05, 3.63) is 53.1 Å². The molecule has 36 heavy (non-hydrogen) atoms. The van der Waals surface area contributed by atoms with Crippen LogP contribution in [0.25, 0.3) is 10.9 Å². The van der Waals surface area contributed by atoms with Crippen LogP contribution in [-0.2, 0) is 6.54 Å². The van der Waals surface area contributed by atoms with Gasteiger partial charge in [0, 0.05) is 43.2 Å². The fourth-order valence-electron chi connectivity index (χ4n) is 4.58. The maximum atomic E-state index is 14.5. The van der Waals surface area contributed by atoms with Gasteiger partial charge in [-0.25, -0.2) is 27.9 Å². The number of aryl methyl sites for hydroxylation is 1. The van der Waals surface area contributed by atoms with Crippen LogP contribution in [0.15, 0.2) is 30.3 Å². The van der Waals surface area contributed by atoms with Crippen molar-refractivity contribution < 1.29 is 27.4 Å². The Morgan fingerprint density at radius 2 is 2.06 bits per heavy atom. The molecule has 5 rings (SSSR count). The van der Waals surface area contributed by atoms with Gasteiger partial charge in [0.15, 0.2) is 11.5 Å². The number of nitrogens with zero attached hydrogens (tertiary/aromatic N) is 3. The highest BCUT2D eigenvalue weighted by atomic mass is 19.3. The molecule has 2 heterocycles. The van der Waals surface area contributed by atoms with Gasteiger partial charge in [-0.2, -0.15) is 0 Å². The summed E-state index contributed by atoms with van der Waals surface area (Å²) in [7, 11) is 1.47. The van der Waals surface area contributed by atoms with Crippen LogP contribution in [0.4, 0.5) is 23.8 Å². The number of anilines is 1. The maximum Gasteiger partial charge on any atom is 0.415 e. The van der Waals surface area contributed by atoms with E-state index in [-0.39, 0.29) is 23.4 Å². The lowest BCUT2D eigenvalue weighted by molar-refractivity contribution is 0.109. The number of benzene rings is 2. The zero-order chi connectivity index (χ0) is 25.4. The lowest BCUT2D eigenvalue weighted by Gasteiger charge is -2.35.